The van der Waals surface area contributed by atoms with E-state index in [9.17, 15) is 9.59 Å². The Morgan fingerprint density at radius 1 is 1.22 bits per heavy atom. The fourth-order valence-electron chi connectivity index (χ4n) is 1.47. The minimum absolute atomic E-state index is 0.00972. The van der Waals surface area contributed by atoms with Gasteiger partial charge in [-0.25, -0.2) is 0 Å². The van der Waals surface area contributed by atoms with E-state index in [0.717, 1.165) is 0 Å². The topological polar surface area (TPSA) is 78.4 Å². The minimum Gasteiger partial charge on any atom is -0.481 e. The second kappa shape index (κ2) is 7.36. The first-order valence-corrected chi connectivity index (χ1v) is 6.38. The van der Waals surface area contributed by atoms with Crippen molar-refractivity contribution < 1.29 is 14.7 Å². The van der Waals surface area contributed by atoms with Crippen molar-refractivity contribution >= 4 is 11.9 Å². The zero-order chi connectivity index (χ0) is 14.3. The van der Waals surface area contributed by atoms with Crippen molar-refractivity contribution in [2.24, 2.45) is 11.8 Å². The molecule has 3 N–H and O–H groups in total. The number of carbonyl (C=O) groups excluding carboxylic acids is 1. The second-order valence-corrected chi connectivity index (χ2v) is 5.92. The molecule has 5 nitrogen and oxygen atoms in total. The molecule has 0 aromatic rings. The molecule has 106 valence electrons. The molecule has 0 spiro atoms. The summed E-state index contributed by atoms with van der Waals surface area (Å²) < 4.78 is 0. The molecule has 0 aromatic heterocycles. The van der Waals surface area contributed by atoms with Crippen LogP contribution < -0.4 is 10.6 Å². The Morgan fingerprint density at radius 3 is 2.17 bits per heavy atom. The van der Waals surface area contributed by atoms with Gasteiger partial charge in [-0.2, -0.15) is 0 Å². The normalized spacial score (nSPS) is 13.4. The number of aliphatic carboxylic acids is 1. The maximum atomic E-state index is 11.5. The highest BCUT2D eigenvalue weighted by Gasteiger charge is 2.21. The van der Waals surface area contributed by atoms with Crippen LogP contribution >= 0.6 is 0 Å². The number of carbonyl (C=O) groups is 2. The number of nitrogens with one attached hydrogen (secondary N) is 2. The number of carboxylic acids is 1. The number of carboxylic acid groups (broad SMARTS) is 1. The lowest BCUT2D eigenvalue weighted by Gasteiger charge is -2.20. The molecule has 0 aromatic carbocycles. The second-order valence-electron chi connectivity index (χ2n) is 5.92. The molecule has 0 heterocycles. The van der Waals surface area contributed by atoms with Crippen LogP contribution in [0.25, 0.3) is 0 Å². The van der Waals surface area contributed by atoms with Gasteiger partial charge in [-0.3, -0.25) is 9.59 Å². The van der Waals surface area contributed by atoms with E-state index in [2.05, 4.69) is 10.6 Å². The number of amides is 1. The Balaban J connectivity index is 3.92. The molecule has 0 radical (unpaired) electrons. The fraction of sp³-hybridized carbons (Fsp3) is 0.846. The third-order valence-electron chi connectivity index (χ3n) is 2.65. The van der Waals surface area contributed by atoms with Gasteiger partial charge >= 0.3 is 5.97 Å². The lowest BCUT2D eigenvalue weighted by atomic mass is 9.96. The molecule has 0 aliphatic carbocycles. The Morgan fingerprint density at radius 2 is 1.78 bits per heavy atom. The van der Waals surface area contributed by atoms with Crippen LogP contribution in [0.5, 0.6) is 0 Å². The van der Waals surface area contributed by atoms with Crippen molar-refractivity contribution in [2.75, 3.05) is 13.1 Å². The van der Waals surface area contributed by atoms with Gasteiger partial charge in [-0.05, 0) is 26.7 Å². The van der Waals surface area contributed by atoms with Crippen molar-refractivity contribution in [1.29, 1.82) is 0 Å². The van der Waals surface area contributed by atoms with E-state index in [0.29, 0.717) is 13.0 Å². The zero-order valence-electron chi connectivity index (χ0n) is 12.0. The molecule has 0 bridgehead atoms. The number of hydrogen-bond acceptors (Lipinski definition) is 3. The third kappa shape index (κ3) is 8.06. The molecule has 0 rings (SSSR count). The minimum atomic E-state index is -0.863. The smallest absolute Gasteiger partial charge is 0.308 e. The van der Waals surface area contributed by atoms with Crippen molar-refractivity contribution in [1.82, 2.24) is 10.6 Å². The Kier molecular flexibility index (Phi) is 6.91. The van der Waals surface area contributed by atoms with E-state index < -0.39 is 11.9 Å². The Bertz CT molecular complexity index is 282. The monoisotopic (exact) mass is 258 g/mol. The summed E-state index contributed by atoms with van der Waals surface area (Å²) in [5.41, 5.74) is -0.0121. The van der Waals surface area contributed by atoms with E-state index in [-0.39, 0.29) is 23.9 Å². The van der Waals surface area contributed by atoms with Gasteiger partial charge < -0.3 is 15.7 Å². The van der Waals surface area contributed by atoms with E-state index in [1.807, 2.05) is 34.6 Å². The highest BCUT2D eigenvalue weighted by atomic mass is 16.4. The lowest BCUT2D eigenvalue weighted by molar-refractivity contribution is -0.143. The highest BCUT2D eigenvalue weighted by molar-refractivity contribution is 5.77. The average Bonchev–Trinajstić information content (AvgIpc) is 2.14. The van der Waals surface area contributed by atoms with Crippen molar-refractivity contribution in [3.8, 4) is 0 Å². The van der Waals surface area contributed by atoms with Gasteiger partial charge in [0.2, 0.25) is 5.91 Å². The van der Waals surface area contributed by atoms with Crippen LogP contribution in [0.3, 0.4) is 0 Å². The fourth-order valence-corrected chi connectivity index (χ4v) is 1.47. The summed E-state index contributed by atoms with van der Waals surface area (Å²) in [5.74, 6) is -1.49. The summed E-state index contributed by atoms with van der Waals surface area (Å²) >= 11 is 0. The summed E-state index contributed by atoms with van der Waals surface area (Å²) in [5, 5.41) is 14.9. The van der Waals surface area contributed by atoms with Crippen molar-refractivity contribution in [3.63, 3.8) is 0 Å². The number of rotatable bonds is 7. The van der Waals surface area contributed by atoms with Crippen molar-refractivity contribution in [2.45, 2.75) is 46.6 Å². The van der Waals surface area contributed by atoms with Gasteiger partial charge in [0.1, 0.15) is 0 Å². The molecule has 0 aliphatic heterocycles. The summed E-state index contributed by atoms with van der Waals surface area (Å²) in [6.07, 6.45) is 0.363. The van der Waals surface area contributed by atoms with E-state index in [1.54, 1.807) is 0 Å². The van der Waals surface area contributed by atoms with Gasteiger partial charge in [-0.15, -0.1) is 0 Å². The molecule has 18 heavy (non-hydrogen) atoms. The van der Waals surface area contributed by atoms with Crippen LogP contribution in [0.1, 0.15) is 41.0 Å². The van der Waals surface area contributed by atoms with Crippen LogP contribution in [0.4, 0.5) is 0 Å². The number of hydrogen-bond donors (Lipinski definition) is 3. The molecule has 1 atom stereocenters. The van der Waals surface area contributed by atoms with Gasteiger partial charge in [0.15, 0.2) is 0 Å². The highest BCUT2D eigenvalue weighted by Crippen LogP contribution is 2.09. The van der Waals surface area contributed by atoms with E-state index in [4.69, 9.17) is 5.11 Å². The average molecular weight is 258 g/mol. The lowest BCUT2D eigenvalue weighted by Crippen LogP contribution is -2.40. The first-order chi connectivity index (χ1) is 8.13. The standard InChI is InChI=1S/C13H26N2O3/c1-9(2)10(12(17)18)8-14-11(16)6-7-15-13(3,4)5/h9-10,15H,6-8H2,1-5H3,(H,14,16)(H,17,18). The summed E-state index contributed by atoms with van der Waals surface area (Å²) in [6, 6.07) is 0. The molecule has 0 fully saturated rings. The zero-order valence-corrected chi connectivity index (χ0v) is 12.0. The molecular formula is C13H26N2O3. The maximum Gasteiger partial charge on any atom is 0.308 e. The molecule has 0 aliphatic rings. The molecule has 0 saturated heterocycles. The maximum absolute atomic E-state index is 11.5. The predicted octanol–water partition coefficient (Wildman–Crippen LogP) is 1.24. The van der Waals surface area contributed by atoms with E-state index in [1.165, 1.54) is 0 Å². The van der Waals surface area contributed by atoms with Gasteiger partial charge in [0.05, 0.1) is 5.92 Å². The van der Waals surface area contributed by atoms with Crippen molar-refractivity contribution in [3.05, 3.63) is 0 Å². The summed E-state index contributed by atoms with van der Waals surface area (Å²) in [6.45, 7) is 10.6. The van der Waals surface area contributed by atoms with Gasteiger partial charge in [-0.1, -0.05) is 13.8 Å². The SMILES string of the molecule is CC(C)C(CNC(=O)CCNC(C)(C)C)C(=O)O. The quantitative estimate of drug-likeness (QED) is 0.642. The third-order valence-corrected chi connectivity index (χ3v) is 2.65. The molecule has 5 heteroatoms. The van der Waals surface area contributed by atoms with Gasteiger partial charge in [0, 0.05) is 25.0 Å². The van der Waals surface area contributed by atoms with Crippen LogP contribution in [0, 0.1) is 11.8 Å². The first-order valence-electron chi connectivity index (χ1n) is 6.38. The van der Waals surface area contributed by atoms with E-state index >= 15 is 0 Å². The summed E-state index contributed by atoms with van der Waals surface area (Å²) in [4.78, 5) is 22.5. The van der Waals surface area contributed by atoms with Crippen LogP contribution in [0.15, 0.2) is 0 Å². The Hall–Kier alpha value is -1.10. The molecule has 1 amide bonds. The van der Waals surface area contributed by atoms with Crippen LogP contribution in [-0.4, -0.2) is 35.6 Å². The van der Waals surface area contributed by atoms with Gasteiger partial charge in [0.25, 0.3) is 0 Å². The predicted molar refractivity (Wildman–Crippen MR) is 71.3 cm³/mol. The molecule has 0 saturated carbocycles. The first kappa shape index (κ1) is 16.9. The van der Waals surface area contributed by atoms with Crippen LogP contribution in [-0.2, 0) is 9.59 Å². The molecule has 1 unspecified atom stereocenters. The summed E-state index contributed by atoms with van der Waals surface area (Å²) in [7, 11) is 0. The largest absolute Gasteiger partial charge is 0.481 e. The Labute approximate surface area is 109 Å². The van der Waals surface area contributed by atoms with Crippen LogP contribution in [0.2, 0.25) is 0 Å². The molecular weight excluding hydrogens is 232 g/mol.